The van der Waals surface area contributed by atoms with Gasteiger partial charge in [0.05, 0.1) is 17.3 Å². The number of benzene rings is 1. The molecule has 1 aliphatic heterocycles. The predicted octanol–water partition coefficient (Wildman–Crippen LogP) is 2.56. The summed E-state index contributed by atoms with van der Waals surface area (Å²) in [6.07, 6.45) is 1.76. The normalized spacial score (nSPS) is 14.9. The summed E-state index contributed by atoms with van der Waals surface area (Å²) in [7, 11) is 1.60. The maximum atomic E-state index is 12.6. The molecule has 3 aromatic rings. The highest BCUT2D eigenvalue weighted by Gasteiger charge is 2.25. The van der Waals surface area contributed by atoms with Crippen LogP contribution in [0.4, 0.5) is 15.7 Å². The lowest BCUT2D eigenvalue weighted by molar-refractivity contribution is -0.117. The summed E-state index contributed by atoms with van der Waals surface area (Å²) in [5.41, 5.74) is 0.781. The third kappa shape index (κ3) is 4.85. The molecule has 1 aliphatic rings. The van der Waals surface area contributed by atoms with Gasteiger partial charge in [0.15, 0.2) is 5.13 Å². The van der Waals surface area contributed by atoms with E-state index >= 15 is 0 Å². The largest absolute Gasteiger partial charge is 0.497 e. The summed E-state index contributed by atoms with van der Waals surface area (Å²) in [5, 5.41) is 6.04. The number of ether oxygens (including phenoxy) is 1. The topological polar surface area (TPSA) is 99.7 Å². The number of piperazine rings is 1. The Balaban J connectivity index is 1.29. The number of rotatable bonds is 5. The van der Waals surface area contributed by atoms with Crippen LogP contribution in [0.5, 0.6) is 5.75 Å². The lowest BCUT2D eigenvalue weighted by Crippen LogP contribution is -2.54. The van der Waals surface area contributed by atoms with E-state index in [1.165, 1.54) is 11.3 Å². The molecule has 1 atom stereocenters. The summed E-state index contributed by atoms with van der Waals surface area (Å²) in [6.45, 7) is 4.18. The minimum absolute atomic E-state index is 0.252. The number of hydrogen-bond donors (Lipinski definition) is 2. The highest BCUT2D eigenvalue weighted by atomic mass is 32.1. The number of urea groups is 1. The number of anilines is 2. The number of thiazole rings is 1. The lowest BCUT2D eigenvalue weighted by atomic mass is 10.3. The van der Waals surface area contributed by atoms with Crippen LogP contribution in [0, 0.1) is 0 Å². The highest BCUT2D eigenvalue weighted by molar-refractivity contribution is 7.22. The number of amides is 3. The van der Waals surface area contributed by atoms with Crippen LogP contribution in [0.2, 0.25) is 0 Å². The molecule has 0 aliphatic carbocycles. The van der Waals surface area contributed by atoms with Gasteiger partial charge in [0.2, 0.25) is 5.91 Å². The van der Waals surface area contributed by atoms with Crippen molar-refractivity contribution in [1.29, 1.82) is 0 Å². The van der Waals surface area contributed by atoms with Crippen LogP contribution >= 0.6 is 11.3 Å². The van der Waals surface area contributed by atoms with Crippen LogP contribution in [0.15, 0.2) is 42.6 Å². The molecule has 0 bridgehead atoms. The Kier molecular flexibility index (Phi) is 6.17. The van der Waals surface area contributed by atoms with Gasteiger partial charge in [-0.2, -0.15) is 0 Å². The van der Waals surface area contributed by atoms with Gasteiger partial charge in [0.25, 0.3) is 0 Å². The van der Waals surface area contributed by atoms with E-state index in [0.717, 1.165) is 21.8 Å². The third-order valence-corrected chi connectivity index (χ3v) is 6.03. The highest BCUT2D eigenvalue weighted by Crippen LogP contribution is 2.29. The monoisotopic (exact) mass is 440 g/mol. The standard InChI is InChI=1S/C21H24N6O3S/c1-14(19(28)25-20-24-16-7-6-15(30-2)13-17(16)31-20)23-21(29)27-11-9-26(10-12-27)18-5-3-4-8-22-18/h3-8,13-14H,9-12H2,1-2H3,(H,23,29)(H,24,25,28)/t14-/m1/s1. The molecule has 3 heterocycles. The van der Waals surface area contributed by atoms with Gasteiger partial charge in [-0.15, -0.1) is 0 Å². The van der Waals surface area contributed by atoms with E-state index in [-0.39, 0.29) is 11.9 Å². The maximum Gasteiger partial charge on any atom is 0.318 e. The molecule has 0 spiro atoms. The molecule has 4 rings (SSSR count). The van der Waals surface area contributed by atoms with E-state index in [9.17, 15) is 9.59 Å². The summed E-state index contributed by atoms with van der Waals surface area (Å²) in [5.74, 6) is 1.33. The molecular formula is C21H24N6O3S. The van der Waals surface area contributed by atoms with Gasteiger partial charge in [-0.05, 0) is 37.3 Å². The summed E-state index contributed by atoms with van der Waals surface area (Å²) < 4.78 is 6.13. The Labute approximate surface area is 184 Å². The van der Waals surface area contributed by atoms with Crippen LogP contribution < -0.4 is 20.3 Å². The van der Waals surface area contributed by atoms with Crippen molar-refractivity contribution in [1.82, 2.24) is 20.2 Å². The number of carbonyl (C=O) groups is 2. The molecule has 31 heavy (non-hydrogen) atoms. The van der Waals surface area contributed by atoms with Crippen LogP contribution in [0.25, 0.3) is 10.2 Å². The molecule has 1 aromatic carbocycles. The van der Waals surface area contributed by atoms with Crippen LogP contribution in [-0.2, 0) is 4.79 Å². The Hall–Kier alpha value is -3.40. The number of fused-ring (bicyclic) bond motifs is 1. The molecule has 1 saturated heterocycles. The van der Waals surface area contributed by atoms with Crippen molar-refractivity contribution < 1.29 is 14.3 Å². The van der Waals surface area contributed by atoms with Crippen molar-refractivity contribution in [3.63, 3.8) is 0 Å². The molecule has 0 radical (unpaired) electrons. The fourth-order valence-electron chi connectivity index (χ4n) is 3.32. The minimum Gasteiger partial charge on any atom is -0.497 e. The van der Waals surface area contributed by atoms with Gasteiger partial charge in [-0.1, -0.05) is 17.4 Å². The average molecular weight is 441 g/mol. The Morgan fingerprint density at radius 1 is 1.16 bits per heavy atom. The minimum atomic E-state index is -0.692. The zero-order chi connectivity index (χ0) is 21.8. The van der Waals surface area contributed by atoms with Crippen molar-refractivity contribution in [3.05, 3.63) is 42.6 Å². The number of nitrogens with one attached hydrogen (secondary N) is 2. The lowest BCUT2D eigenvalue weighted by Gasteiger charge is -2.35. The Bertz CT molecular complexity index is 1070. The summed E-state index contributed by atoms with van der Waals surface area (Å²) >= 11 is 1.36. The SMILES string of the molecule is COc1ccc2nc(NC(=O)[C@@H](C)NC(=O)N3CCN(c4ccccn4)CC3)sc2c1. The maximum absolute atomic E-state index is 12.6. The van der Waals surface area contributed by atoms with E-state index in [2.05, 4.69) is 25.5 Å². The second kappa shape index (κ2) is 9.17. The van der Waals surface area contributed by atoms with E-state index in [0.29, 0.717) is 31.3 Å². The van der Waals surface area contributed by atoms with Gasteiger partial charge in [0.1, 0.15) is 17.6 Å². The van der Waals surface area contributed by atoms with Gasteiger partial charge >= 0.3 is 6.03 Å². The second-order valence-electron chi connectivity index (χ2n) is 7.18. The van der Waals surface area contributed by atoms with Gasteiger partial charge in [0, 0.05) is 32.4 Å². The first-order valence-electron chi connectivity index (χ1n) is 10.0. The van der Waals surface area contributed by atoms with E-state index in [1.807, 2.05) is 36.4 Å². The Morgan fingerprint density at radius 3 is 2.68 bits per heavy atom. The van der Waals surface area contributed by atoms with E-state index in [1.54, 1.807) is 25.1 Å². The first-order chi connectivity index (χ1) is 15.0. The molecule has 2 N–H and O–H groups in total. The molecule has 162 valence electrons. The van der Waals surface area contributed by atoms with Gasteiger partial charge < -0.3 is 25.2 Å². The van der Waals surface area contributed by atoms with Crippen molar-refractivity contribution in [3.8, 4) is 5.75 Å². The number of nitrogens with zero attached hydrogens (tertiary/aromatic N) is 4. The number of pyridine rings is 1. The van der Waals surface area contributed by atoms with Crippen LogP contribution in [0.1, 0.15) is 6.92 Å². The fourth-order valence-corrected chi connectivity index (χ4v) is 4.22. The van der Waals surface area contributed by atoms with Crippen molar-refractivity contribution in [2.24, 2.45) is 0 Å². The summed E-state index contributed by atoms with van der Waals surface area (Å²) in [6, 6.07) is 10.4. The van der Waals surface area contributed by atoms with Crippen molar-refractivity contribution in [2.45, 2.75) is 13.0 Å². The molecule has 2 aromatic heterocycles. The smallest absolute Gasteiger partial charge is 0.318 e. The zero-order valence-electron chi connectivity index (χ0n) is 17.4. The first-order valence-corrected chi connectivity index (χ1v) is 10.8. The number of methoxy groups -OCH3 is 1. The van der Waals surface area contributed by atoms with Crippen LogP contribution in [0.3, 0.4) is 0 Å². The number of hydrogen-bond acceptors (Lipinski definition) is 7. The van der Waals surface area contributed by atoms with E-state index < -0.39 is 6.04 Å². The average Bonchev–Trinajstić information content (AvgIpc) is 3.21. The third-order valence-electron chi connectivity index (χ3n) is 5.10. The molecule has 9 nitrogen and oxygen atoms in total. The molecule has 1 fully saturated rings. The van der Waals surface area contributed by atoms with Gasteiger partial charge in [-0.3, -0.25) is 4.79 Å². The number of carbonyl (C=O) groups excluding carboxylic acids is 2. The Morgan fingerprint density at radius 2 is 1.97 bits per heavy atom. The van der Waals surface area contributed by atoms with Gasteiger partial charge in [-0.25, -0.2) is 14.8 Å². The molecular weight excluding hydrogens is 416 g/mol. The fraction of sp³-hybridized carbons (Fsp3) is 0.333. The molecule has 0 unspecified atom stereocenters. The second-order valence-corrected chi connectivity index (χ2v) is 8.21. The number of aromatic nitrogens is 2. The molecule has 10 heteroatoms. The van der Waals surface area contributed by atoms with Crippen LogP contribution in [-0.4, -0.2) is 66.1 Å². The van der Waals surface area contributed by atoms with E-state index in [4.69, 9.17) is 4.74 Å². The molecule has 0 saturated carbocycles. The summed E-state index contributed by atoms with van der Waals surface area (Å²) in [4.78, 5) is 37.8. The van der Waals surface area contributed by atoms with Crippen molar-refractivity contribution >= 4 is 44.4 Å². The zero-order valence-corrected chi connectivity index (χ0v) is 18.2. The van der Waals surface area contributed by atoms with Crippen molar-refractivity contribution in [2.75, 3.05) is 43.5 Å². The first kappa shape index (κ1) is 20.9. The predicted molar refractivity (Wildman–Crippen MR) is 121 cm³/mol. The molecule has 3 amide bonds. The quantitative estimate of drug-likeness (QED) is 0.633.